The summed E-state index contributed by atoms with van der Waals surface area (Å²) in [5.74, 6) is -1.99. The van der Waals surface area contributed by atoms with E-state index in [1.54, 1.807) is 23.6 Å². The Morgan fingerprint density at radius 1 is 1.22 bits per heavy atom. The molecule has 0 bridgehead atoms. The molecule has 0 fully saturated rings. The molecule has 0 aliphatic heterocycles. The van der Waals surface area contributed by atoms with Gasteiger partial charge >= 0.3 is 12.1 Å². The van der Waals surface area contributed by atoms with E-state index in [-0.39, 0.29) is 5.69 Å². The molecule has 0 unspecified atom stereocenters. The van der Waals surface area contributed by atoms with Gasteiger partial charge in [0, 0.05) is 5.69 Å². The highest BCUT2D eigenvalue weighted by atomic mass is 32.1. The molecular formula is C10H6F3N3OS. The lowest BCUT2D eigenvalue weighted by Crippen LogP contribution is -2.29. The number of carbonyl (C=O) groups excluding carboxylic acids is 1. The molecule has 1 N–H and O–H groups in total. The fraction of sp³-hybridized carbons (Fsp3) is 0.100. The molecule has 1 aromatic carbocycles. The number of amides is 1. The van der Waals surface area contributed by atoms with Crippen molar-refractivity contribution in [3.8, 4) is 10.4 Å². The average Bonchev–Trinajstić information content (AvgIpc) is 2.82. The van der Waals surface area contributed by atoms with Crippen LogP contribution in [-0.2, 0) is 4.79 Å². The Balaban J connectivity index is 2.12. The summed E-state index contributed by atoms with van der Waals surface area (Å²) in [6, 6.07) is 5.94. The van der Waals surface area contributed by atoms with E-state index in [2.05, 4.69) is 9.59 Å². The van der Waals surface area contributed by atoms with Crippen LogP contribution in [0.1, 0.15) is 0 Å². The minimum absolute atomic E-state index is 0.0820. The van der Waals surface area contributed by atoms with Gasteiger partial charge in [0.15, 0.2) is 0 Å². The first kappa shape index (κ1) is 12.5. The standard InChI is InChI=1S/C10H6F3N3OS/c11-10(12,13)9(17)15-7-3-1-6(2-4-7)8-5-14-16-18-8/h1-5H,(H,15,17). The van der Waals surface area contributed by atoms with E-state index >= 15 is 0 Å². The van der Waals surface area contributed by atoms with Crippen molar-refractivity contribution in [2.24, 2.45) is 0 Å². The smallest absolute Gasteiger partial charge is 0.318 e. The molecule has 94 valence electrons. The lowest BCUT2D eigenvalue weighted by atomic mass is 10.2. The number of nitrogens with one attached hydrogen (secondary N) is 1. The zero-order valence-corrected chi connectivity index (χ0v) is 9.55. The van der Waals surface area contributed by atoms with Crippen LogP contribution in [0, 0.1) is 0 Å². The number of halogens is 3. The number of hydrogen-bond donors (Lipinski definition) is 1. The molecule has 0 aliphatic carbocycles. The van der Waals surface area contributed by atoms with Crippen molar-refractivity contribution in [2.45, 2.75) is 6.18 Å². The summed E-state index contributed by atoms with van der Waals surface area (Å²) < 4.78 is 39.7. The zero-order chi connectivity index (χ0) is 13.2. The minimum Gasteiger partial charge on any atom is -0.318 e. The van der Waals surface area contributed by atoms with Crippen molar-refractivity contribution in [3.05, 3.63) is 30.5 Å². The monoisotopic (exact) mass is 273 g/mol. The summed E-state index contributed by atoms with van der Waals surface area (Å²) in [6.45, 7) is 0. The maximum absolute atomic E-state index is 12.0. The maximum atomic E-state index is 12.0. The fourth-order valence-electron chi connectivity index (χ4n) is 1.21. The molecule has 0 radical (unpaired) electrons. The maximum Gasteiger partial charge on any atom is 0.471 e. The van der Waals surface area contributed by atoms with Crippen LogP contribution in [-0.4, -0.2) is 21.7 Å². The van der Waals surface area contributed by atoms with Gasteiger partial charge in [-0.3, -0.25) is 4.79 Å². The van der Waals surface area contributed by atoms with Crippen LogP contribution >= 0.6 is 11.5 Å². The second kappa shape index (κ2) is 4.73. The Labute approximate surface area is 104 Å². The third kappa shape index (κ3) is 2.83. The Kier molecular flexibility index (Phi) is 3.28. The van der Waals surface area contributed by atoms with Crippen LogP contribution in [0.4, 0.5) is 18.9 Å². The van der Waals surface area contributed by atoms with Gasteiger partial charge in [-0.2, -0.15) is 13.2 Å². The minimum atomic E-state index is -4.89. The number of carbonyl (C=O) groups is 1. The molecule has 18 heavy (non-hydrogen) atoms. The molecule has 1 amide bonds. The van der Waals surface area contributed by atoms with Crippen molar-refractivity contribution in [2.75, 3.05) is 5.32 Å². The third-order valence-corrected chi connectivity index (χ3v) is 2.76. The summed E-state index contributed by atoms with van der Waals surface area (Å²) >= 11 is 1.17. The molecule has 0 saturated carbocycles. The van der Waals surface area contributed by atoms with Crippen molar-refractivity contribution in [1.82, 2.24) is 9.59 Å². The first-order chi connectivity index (χ1) is 8.47. The van der Waals surface area contributed by atoms with E-state index in [0.717, 1.165) is 10.4 Å². The van der Waals surface area contributed by atoms with Crippen LogP contribution in [0.15, 0.2) is 30.5 Å². The van der Waals surface area contributed by atoms with Gasteiger partial charge in [-0.15, -0.1) is 5.10 Å². The molecule has 0 atom stereocenters. The molecular weight excluding hydrogens is 267 g/mol. The van der Waals surface area contributed by atoms with Gasteiger partial charge in [0.2, 0.25) is 0 Å². The van der Waals surface area contributed by atoms with E-state index in [1.165, 1.54) is 23.7 Å². The summed E-state index contributed by atoms with van der Waals surface area (Å²) in [5.41, 5.74) is 0.855. The second-order valence-electron chi connectivity index (χ2n) is 3.31. The highest BCUT2D eigenvalue weighted by Gasteiger charge is 2.38. The van der Waals surface area contributed by atoms with Gasteiger partial charge in [0.25, 0.3) is 0 Å². The summed E-state index contributed by atoms with van der Waals surface area (Å²) in [7, 11) is 0. The van der Waals surface area contributed by atoms with E-state index in [9.17, 15) is 18.0 Å². The van der Waals surface area contributed by atoms with Gasteiger partial charge in [0.1, 0.15) is 0 Å². The summed E-state index contributed by atoms with van der Waals surface area (Å²) in [5, 5.41) is 5.41. The fourth-order valence-corrected chi connectivity index (χ4v) is 1.73. The first-order valence-corrected chi connectivity index (χ1v) is 5.50. The van der Waals surface area contributed by atoms with Crippen LogP contribution in [0.3, 0.4) is 0 Å². The molecule has 0 aliphatic rings. The number of anilines is 1. The van der Waals surface area contributed by atoms with E-state index in [4.69, 9.17) is 0 Å². The van der Waals surface area contributed by atoms with Crippen LogP contribution in [0.5, 0.6) is 0 Å². The zero-order valence-electron chi connectivity index (χ0n) is 8.73. The van der Waals surface area contributed by atoms with Crippen molar-refractivity contribution < 1.29 is 18.0 Å². The molecule has 1 heterocycles. The number of alkyl halides is 3. The lowest BCUT2D eigenvalue weighted by Gasteiger charge is -2.07. The van der Waals surface area contributed by atoms with Gasteiger partial charge in [-0.05, 0) is 29.2 Å². The summed E-state index contributed by atoms with van der Waals surface area (Å²) in [4.78, 5) is 11.5. The lowest BCUT2D eigenvalue weighted by molar-refractivity contribution is -0.167. The Morgan fingerprint density at radius 3 is 2.39 bits per heavy atom. The Bertz CT molecular complexity index is 536. The topological polar surface area (TPSA) is 54.9 Å². The highest BCUT2D eigenvalue weighted by Crippen LogP contribution is 2.24. The average molecular weight is 273 g/mol. The van der Waals surface area contributed by atoms with E-state index < -0.39 is 12.1 Å². The molecule has 8 heteroatoms. The van der Waals surface area contributed by atoms with Crippen molar-refractivity contribution >= 4 is 23.1 Å². The van der Waals surface area contributed by atoms with Crippen molar-refractivity contribution in [3.63, 3.8) is 0 Å². The summed E-state index contributed by atoms with van der Waals surface area (Å²) in [6.07, 6.45) is -3.34. The number of aromatic nitrogens is 2. The van der Waals surface area contributed by atoms with E-state index in [1.807, 2.05) is 0 Å². The molecule has 0 spiro atoms. The van der Waals surface area contributed by atoms with Crippen LogP contribution in [0.25, 0.3) is 10.4 Å². The number of benzene rings is 1. The van der Waals surface area contributed by atoms with Crippen LogP contribution < -0.4 is 5.32 Å². The molecule has 2 rings (SSSR count). The third-order valence-electron chi connectivity index (χ3n) is 2.05. The van der Waals surface area contributed by atoms with Gasteiger partial charge in [0.05, 0.1) is 11.1 Å². The number of rotatable bonds is 2. The predicted molar refractivity (Wildman–Crippen MR) is 60.0 cm³/mol. The van der Waals surface area contributed by atoms with Crippen molar-refractivity contribution in [1.29, 1.82) is 0 Å². The SMILES string of the molecule is O=C(Nc1ccc(-c2cnns2)cc1)C(F)(F)F. The molecule has 1 aromatic heterocycles. The molecule has 4 nitrogen and oxygen atoms in total. The Morgan fingerprint density at radius 2 is 1.89 bits per heavy atom. The van der Waals surface area contributed by atoms with Gasteiger partial charge in [-0.1, -0.05) is 16.6 Å². The number of hydrogen-bond acceptors (Lipinski definition) is 4. The second-order valence-corrected chi connectivity index (χ2v) is 4.10. The predicted octanol–water partition coefficient (Wildman–Crippen LogP) is 2.71. The molecule has 0 saturated heterocycles. The Hall–Kier alpha value is -1.96. The normalized spacial score (nSPS) is 11.3. The van der Waals surface area contributed by atoms with Gasteiger partial charge in [-0.25, -0.2) is 0 Å². The largest absolute Gasteiger partial charge is 0.471 e. The molecule has 2 aromatic rings. The quantitative estimate of drug-likeness (QED) is 0.915. The van der Waals surface area contributed by atoms with E-state index in [0.29, 0.717) is 0 Å². The highest BCUT2D eigenvalue weighted by molar-refractivity contribution is 7.09. The first-order valence-electron chi connectivity index (χ1n) is 4.73. The van der Waals surface area contributed by atoms with Crippen LogP contribution in [0.2, 0.25) is 0 Å². The van der Waals surface area contributed by atoms with Gasteiger partial charge < -0.3 is 5.32 Å². The number of nitrogens with zero attached hydrogens (tertiary/aromatic N) is 2.